The van der Waals surface area contributed by atoms with Gasteiger partial charge in [0, 0.05) is 0 Å². The summed E-state index contributed by atoms with van der Waals surface area (Å²) in [7, 11) is 0. The molecule has 0 bridgehead atoms. The van der Waals surface area contributed by atoms with Crippen LogP contribution in [-0.4, -0.2) is 40.6 Å². The molecule has 1 saturated heterocycles. The van der Waals surface area contributed by atoms with Gasteiger partial charge in [-0.25, -0.2) is 0 Å². The van der Waals surface area contributed by atoms with Crippen LogP contribution in [0.5, 0.6) is 0 Å². The molecule has 12 heavy (non-hydrogen) atoms. The molecule has 0 atom stereocenters. The first-order valence-electron chi connectivity index (χ1n) is 4.33. The Morgan fingerprint density at radius 3 is 2.75 bits per heavy atom. The van der Waals surface area contributed by atoms with Gasteiger partial charge in [0.05, 0.1) is 0 Å². The molecule has 2 radical (unpaired) electrons. The Morgan fingerprint density at radius 2 is 2.08 bits per heavy atom. The van der Waals surface area contributed by atoms with Crippen LogP contribution in [0.2, 0.25) is 0 Å². The van der Waals surface area contributed by atoms with Crippen LogP contribution in [0.15, 0.2) is 18.3 Å². The number of rotatable bonds is 1. The van der Waals surface area contributed by atoms with Gasteiger partial charge in [-0.15, -0.1) is 0 Å². The molecule has 0 saturated carbocycles. The average Bonchev–Trinajstić information content (AvgIpc) is 2.56. The van der Waals surface area contributed by atoms with Gasteiger partial charge in [0.25, 0.3) is 0 Å². The fraction of sp³-hybridized carbons (Fsp3) is 0.444. The number of nitrogens with zero attached hydrogens (tertiary/aromatic N) is 2. The number of aromatic nitrogens is 1. The molecule has 0 aliphatic carbocycles. The molecule has 3 heteroatoms. The number of hydrogen-bond acceptors (Lipinski definition) is 2. The predicted molar refractivity (Wildman–Crippen MR) is 52.5 cm³/mol. The molecular weight excluding hydrogens is 255 g/mol. The summed E-state index contributed by atoms with van der Waals surface area (Å²) in [5.41, 5.74) is 0. The predicted octanol–water partition coefficient (Wildman–Crippen LogP) is 0.208. The molecular formula is C9H12N2Sn. The second-order valence-corrected chi connectivity index (χ2v) is 5.04. The summed E-state index contributed by atoms with van der Waals surface area (Å²) in [5, 5.41) is 0. The summed E-state index contributed by atoms with van der Waals surface area (Å²) in [6.07, 6.45) is 4.58. The molecule has 1 aromatic heterocycles. The Labute approximate surface area is 86.1 Å². The first-order chi connectivity index (χ1) is 5.86. The molecule has 0 aromatic carbocycles. The van der Waals surface area contributed by atoms with Crippen molar-refractivity contribution in [1.82, 2.24) is 4.98 Å². The van der Waals surface area contributed by atoms with Crippen LogP contribution in [0.3, 0.4) is 0 Å². The molecule has 0 unspecified atom stereocenters. The van der Waals surface area contributed by atoms with Gasteiger partial charge in [-0.05, 0) is 0 Å². The van der Waals surface area contributed by atoms with Crippen molar-refractivity contribution in [3.8, 4) is 0 Å². The summed E-state index contributed by atoms with van der Waals surface area (Å²) >= 11 is 1.19. The van der Waals surface area contributed by atoms with Gasteiger partial charge in [-0.3, -0.25) is 0 Å². The van der Waals surface area contributed by atoms with Crippen LogP contribution in [-0.2, 0) is 0 Å². The van der Waals surface area contributed by atoms with Crippen LogP contribution in [0.25, 0.3) is 0 Å². The maximum absolute atomic E-state index is 4.37. The van der Waals surface area contributed by atoms with Crippen molar-refractivity contribution >= 4 is 31.9 Å². The Hall–Kier alpha value is -0.251. The summed E-state index contributed by atoms with van der Waals surface area (Å²) in [4.78, 5) is 6.74. The third kappa shape index (κ3) is 1.73. The minimum atomic E-state index is 1.18. The van der Waals surface area contributed by atoms with E-state index in [1.54, 1.807) is 0 Å². The Morgan fingerprint density at radius 1 is 1.33 bits per heavy atom. The SMILES string of the molecule is [SnH][c]1ccnc(N2CCCC2)c1. The molecule has 2 heterocycles. The number of anilines is 1. The second-order valence-electron chi connectivity index (χ2n) is 3.14. The van der Waals surface area contributed by atoms with E-state index in [4.69, 9.17) is 0 Å². The van der Waals surface area contributed by atoms with Crippen molar-refractivity contribution < 1.29 is 0 Å². The topological polar surface area (TPSA) is 16.1 Å². The molecule has 1 fully saturated rings. The Bertz CT molecular complexity index is 269. The van der Waals surface area contributed by atoms with Crippen LogP contribution in [0.1, 0.15) is 12.8 Å². The van der Waals surface area contributed by atoms with Crippen molar-refractivity contribution in [1.29, 1.82) is 0 Å². The molecule has 1 aliphatic rings. The zero-order valence-electron chi connectivity index (χ0n) is 7.03. The van der Waals surface area contributed by atoms with E-state index in [9.17, 15) is 0 Å². The number of pyridine rings is 1. The van der Waals surface area contributed by atoms with E-state index in [0.29, 0.717) is 0 Å². The Kier molecular flexibility index (Phi) is 2.53. The van der Waals surface area contributed by atoms with Crippen molar-refractivity contribution in [2.75, 3.05) is 18.0 Å². The van der Waals surface area contributed by atoms with Crippen molar-refractivity contribution in [2.45, 2.75) is 12.8 Å². The molecule has 1 aromatic rings. The fourth-order valence-electron chi connectivity index (χ4n) is 1.55. The zero-order chi connectivity index (χ0) is 8.39. The van der Waals surface area contributed by atoms with Gasteiger partial charge in [-0.1, -0.05) is 0 Å². The van der Waals surface area contributed by atoms with Gasteiger partial charge >= 0.3 is 86.1 Å². The fourth-order valence-corrected chi connectivity index (χ4v) is 2.22. The minimum absolute atomic E-state index is 1.18. The van der Waals surface area contributed by atoms with Gasteiger partial charge in [0.2, 0.25) is 0 Å². The molecule has 2 nitrogen and oxygen atoms in total. The van der Waals surface area contributed by atoms with E-state index < -0.39 is 0 Å². The molecule has 0 amide bonds. The summed E-state index contributed by atoms with van der Waals surface area (Å²) in [5.74, 6) is 1.18. The standard InChI is InChI=1S/C9H11N2.Sn.H/c1-2-6-10-9(5-1)11-7-3-4-8-11;;/h2,5-6H,3-4,7-8H2;;. The van der Waals surface area contributed by atoms with E-state index >= 15 is 0 Å². The molecule has 2 rings (SSSR count). The van der Waals surface area contributed by atoms with E-state index in [1.807, 2.05) is 6.20 Å². The van der Waals surface area contributed by atoms with Gasteiger partial charge < -0.3 is 0 Å². The van der Waals surface area contributed by atoms with E-state index in [-0.39, 0.29) is 0 Å². The van der Waals surface area contributed by atoms with Crippen LogP contribution in [0.4, 0.5) is 5.82 Å². The van der Waals surface area contributed by atoms with Crippen molar-refractivity contribution in [3.05, 3.63) is 18.3 Å². The quantitative estimate of drug-likeness (QED) is 0.676. The third-order valence-electron chi connectivity index (χ3n) is 2.20. The summed E-state index contributed by atoms with van der Waals surface area (Å²) in [6, 6.07) is 4.31. The van der Waals surface area contributed by atoms with E-state index in [1.165, 1.54) is 57.9 Å². The third-order valence-corrected chi connectivity index (χ3v) is 3.22. The van der Waals surface area contributed by atoms with Crippen LogP contribution >= 0.6 is 0 Å². The monoisotopic (exact) mass is 268 g/mol. The molecule has 1 aliphatic heterocycles. The van der Waals surface area contributed by atoms with Gasteiger partial charge in [0.15, 0.2) is 0 Å². The summed E-state index contributed by atoms with van der Waals surface area (Å²) in [6.45, 7) is 2.38. The van der Waals surface area contributed by atoms with Crippen LogP contribution in [0, 0.1) is 0 Å². The van der Waals surface area contributed by atoms with E-state index in [0.717, 1.165) is 0 Å². The zero-order valence-corrected chi connectivity index (χ0v) is 10.3. The number of hydrogen-bond donors (Lipinski definition) is 0. The normalized spacial score (nSPS) is 16.9. The van der Waals surface area contributed by atoms with Gasteiger partial charge in [-0.2, -0.15) is 0 Å². The first kappa shape index (κ1) is 8.35. The van der Waals surface area contributed by atoms with Crippen LogP contribution < -0.4 is 8.48 Å². The molecule has 0 spiro atoms. The summed E-state index contributed by atoms with van der Waals surface area (Å²) < 4.78 is 1.43. The van der Waals surface area contributed by atoms with E-state index in [2.05, 4.69) is 22.0 Å². The molecule has 62 valence electrons. The average molecular weight is 267 g/mol. The van der Waals surface area contributed by atoms with Crippen molar-refractivity contribution in [3.63, 3.8) is 0 Å². The Balaban J connectivity index is 2.21. The first-order valence-corrected chi connectivity index (χ1v) is 5.97. The van der Waals surface area contributed by atoms with Crippen molar-refractivity contribution in [2.24, 2.45) is 0 Å². The van der Waals surface area contributed by atoms with Gasteiger partial charge in [0.1, 0.15) is 0 Å². The second kappa shape index (κ2) is 3.64. The molecule has 0 N–H and O–H groups in total. The maximum atomic E-state index is 4.37.